The smallest absolute Gasteiger partial charge is 0.239 e. The molecule has 0 atom stereocenters. The van der Waals surface area contributed by atoms with Gasteiger partial charge in [-0.05, 0) is 6.92 Å². The van der Waals surface area contributed by atoms with Gasteiger partial charge in [-0.2, -0.15) is 0 Å². The zero-order valence-corrected chi connectivity index (χ0v) is 11.7. The predicted molar refractivity (Wildman–Crippen MR) is 71.8 cm³/mol. The maximum Gasteiger partial charge on any atom is 0.239 e. The van der Waals surface area contributed by atoms with E-state index in [1.165, 1.54) is 6.92 Å². The van der Waals surface area contributed by atoms with Crippen molar-refractivity contribution in [1.29, 1.82) is 0 Å². The average molecular weight is 301 g/mol. The van der Waals surface area contributed by atoms with Gasteiger partial charge in [0.2, 0.25) is 23.6 Å². The number of hydrogen-bond acceptors (Lipinski definition) is 6. The highest BCUT2D eigenvalue weighted by Crippen LogP contribution is 1.71. The molecule has 0 bridgehead atoms. The molecule has 0 rings (SSSR count). The summed E-state index contributed by atoms with van der Waals surface area (Å²) in [5.74, 6) is -2.35. The summed E-state index contributed by atoms with van der Waals surface area (Å²) in [4.78, 5) is 55.1. The van der Waals surface area contributed by atoms with E-state index in [-0.39, 0.29) is 38.5 Å². The topological polar surface area (TPSA) is 159 Å². The second-order valence-corrected chi connectivity index (χ2v) is 4.01. The van der Waals surface area contributed by atoms with Crippen LogP contribution in [0.4, 0.5) is 0 Å². The molecule has 0 aromatic carbocycles. The molecule has 0 spiro atoms. The molecule has 10 heteroatoms. The van der Waals surface area contributed by atoms with Crippen molar-refractivity contribution in [3.63, 3.8) is 0 Å². The average Bonchev–Trinajstić information content (AvgIpc) is 2.45. The van der Waals surface area contributed by atoms with Crippen LogP contribution in [-0.2, 0) is 24.0 Å². The molecule has 0 aliphatic carbocycles. The van der Waals surface area contributed by atoms with Gasteiger partial charge in [-0.1, -0.05) is 0 Å². The van der Waals surface area contributed by atoms with Gasteiger partial charge in [-0.3, -0.25) is 24.0 Å². The molecular weight excluding hydrogens is 282 g/mol. The summed E-state index contributed by atoms with van der Waals surface area (Å²) in [6.07, 6.45) is 0. The highest BCUT2D eigenvalue weighted by atomic mass is 16.2. The third-order valence-corrected chi connectivity index (χ3v) is 2.06. The second-order valence-electron chi connectivity index (χ2n) is 4.01. The van der Waals surface area contributed by atoms with Crippen molar-refractivity contribution >= 4 is 29.4 Å². The van der Waals surface area contributed by atoms with E-state index in [1.807, 2.05) is 0 Å². The van der Waals surface area contributed by atoms with E-state index in [0.29, 0.717) is 0 Å². The lowest BCUT2D eigenvalue weighted by Gasteiger charge is -2.07. The molecule has 0 heterocycles. The van der Waals surface area contributed by atoms with Crippen LogP contribution in [0.3, 0.4) is 0 Å². The van der Waals surface area contributed by atoms with Crippen molar-refractivity contribution in [2.45, 2.75) is 6.92 Å². The molecule has 4 amide bonds. The van der Waals surface area contributed by atoms with Crippen LogP contribution in [0.25, 0.3) is 0 Å². The minimum atomic E-state index is -0.577. The highest BCUT2D eigenvalue weighted by molar-refractivity contribution is 5.91. The molecule has 21 heavy (non-hydrogen) atoms. The fraction of sp³-hybridized carbons (Fsp3) is 0.545. The Bertz CT molecular complexity index is 423. The largest absolute Gasteiger partial charge is 0.348 e. The molecule has 0 aliphatic heterocycles. The maximum atomic E-state index is 11.3. The quantitative estimate of drug-likeness (QED) is 0.292. The van der Waals surface area contributed by atoms with Gasteiger partial charge in [0, 0.05) is 0 Å². The van der Waals surface area contributed by atoms with Crippen molar-refractivity contribution in [2.24, 2.45) is 5.73 Å². The van der Waals surface area contributed by atoms with Crippen molar-refractivity contribution in [1.82, 2.24) is 21.3 Å². The first kappa shape index (κ1) is 18.5. The maximum absolute atomic E-state index is 11.3. The summed E-state index contributed by atoms with van der Waals surface area (Å²) >= 11 is 0. The number of Topliss-reactive ketones (excluding diaryl/α,β-unsaturated/α-hetero) is 1. The summed E-state index contributed by atoms with van der Waals surface area (Å²) in [5, 5.41) is 9.02. The van der Waals surface area contributed by atoms with Gasteiger partial charge in [-0.15, -0.1) is 0 Å². The molecule has 6 N–H and O–H groups in total. The lowest BCUT2D eigenvalue weighted by atomic mass is 10.4. The Hall–Kier alpha value is -2.49. The SMILES string of the molecule is CC(=O)CNC(=O)CNC(=O)CNC(=O)CNC(=O)CN. The monoisotopic (exact) mass is 301 g/mol. The molecule has 0 radical (unpaired) electrons. The number of nitrogens with one attached hydrogen (secondary N) is 4. The molecule has 10 nitrogen and oxygen atoms in total. The molecule has 0 aromatic rings. The van der Waals surface area contributed by atoms with Crippen molar-refractivity contribution in [3.8, 4) is 0 Å². The van der Waals surface area contributed by atoms with Gasteiger partial charge in [-0.25, -0.2) is 0 Å². The minimum Gasteiger partial charge on any atom is -0.348 e. The summed E-state index contributed by atoms with van der Waals surface area (Å²) < 4.78 is 0. The Morgan fingerprint density at radius 2 is 1.00 bits per heavy atom. The molecule has 0 fully saturated rings. The van der Waals surface area contributed by atoms with Gasteiger partial charge in [0.25, 0.3) is 0 Å². The first-order chi connectivity index (χ1) is 9.85. The number of amides is 4. The Morgan fingerprint density at radius 3 is 1.33 bits per heavy atom. The molecule has 0 saturated carbocycles. The number of nitrogens with two attached hydrogens (primary N) is 1. The summed E-state index contributed by atoms with van der Waals surface area (Å²) in [6.45, 7) is 0.0544. The van der Waals surface area contributed by atoms with Gasteiger partial charge in [0.15, 0.2) is 0 Å². The number of carbonyl (C=O) groups is 5. The van der Waals surface area contributed by atoms with Crippen LogP contribution in [0.15, 0.2) is 0 Å². The van der Waals surface area contributed by atoms with E-state index in [1.54, 1.807) is 0 Å². The first-order valence-electron chi connectivity index (χ1n) is 6.11. The number of rotatable bonds is 9. The summed E-state index contributed by atoms with van der Waals surface area (Å²) in [5.41, 5.74) is 5.02. The summed E-state index contributed by atoms with van der Waals surface area (Å²) in [6, 6.07) is 0. The lowest BCUT2D eigenvalue weighted by molar-refractivity contribution is -0.128. The Kier molecular flexibility index (Phi) is 9.09. The third kappa shape index (κ3) is 11.1. The van der Waals surface area contributed by atoms with E-state index in [0.717, 1.165) is 0 Å². The summed E-state index contributed by atoms with van der Waals surface area (Å²) in [7, 11) is 0. The molecule has 0 saturated heterocycles. The zero-order valence-electron chi connectivity index (χ0n) is 11.7. The number of carbonyl (C=O) groups excluding carboxylic acids is 5. The van der Waals surface area contributed by atoms with Gasteiger partial charge in [0.1, 0.15) is 5.78 Å². The van der Waals surface area contributed by atoms with Gasteiger partial charge in [0.05, 0.1) is 32.7 Å². The van der Waals surface area contributed by atoms with E-state index in [9.17, 15) is 24.0 Å². The molecule has 0 aliphatic rings. The van der Waals surface area contributed by atoms with Crippen LogP contribution in [0.5, 0.6) is 0 Å². The van der Waals surface area contributed by atoms with Crippen molar-refractivity contribution in [3.05, 3.63) is 0 Å². The van der Waals surface area contributed by atoms with Crippen LogP contribution in [0.1, 0.15) is 6.92 Å². The van der Waals surface area contributed by atoms with Gasteiger partial charge < -0.3 is 27.0 Å². The number of ketones is 1. The zero-order chi connectivity index (χ0) is 16.3. The van der Waals surface area contributed by atoms with E-state index >= 15 is 0 Å². The van der Waals surface area contributed by atoms with Crippen LogP contribution >= 0.6 is 0 Å². The number of hydrogen-bond donors (Lipinski definition) is 5. The van der Waals surface area contributed by atoms with Crippen LogP contribution < -0.4 is 27.0 Å². The second kappa shape index (κ2) is 10.3. The fourth-order valence-corrected chi connectivity index (χ4v) is 1.02. The van der Waals surface area contributed by atoms with E-state index < -0.39 is 23.6 Å². The Morgan fingerprint density at radius 1 is 0.667 bits per heavy atom. The normalized spacial score (nSPS) is 9.43. The molecular formula is C11H19N5O5. The molecule has 0 aromatic heterocycles. The Balaban J connectivity index is 3.75. The van der Waals surface area contributed by atoms with E-state index in [4.69, 9.17) is 5.73 Å². The van der Waals surface area contributed by atoms with Crippen LogP contribution in [0.2, 0.25) is 0 Å². The Labute approximate surface area is 121 Å². The molecule has 0 unspecified atom stereocenters. The standard InChI is InChI=1S/C11H19N5O5/c1-7(17)3-13-9(19)5-15-11(21)6-16-10(20)4-14-8(18)2-12/h2-6,12H2,1H3,(H,13,19)(H,14,18)(H,15,21)(H,16,20). The molecule has 118 valence electrons. The van der Waals surface area contributed by atoms with Crippen molar-refractivity contribution < 1.29 is 24.0 Å². The third-order valence-electron chi connectivity index (χ3n) is 2.06. The first-order valence-corrected chi connectivity index (χ1v) is 6.11. The van der Waals surface area contributed by atoms with Gasteiger partial charge >= 0.3 is 0 Å². The predicted octanol–water partition coefficient (Wildman–Crippen LogP) is -4.00. The fourth-order valence-electron chi connectivity index (χ4n) is 1.02. The highest BCUT2D eigenvalue weighted by Gasteiger charge is 2.08. The van der Waals surface area contributed by atoms with Crippen LogP contribution in [-0.4, -0.2) is 62.1 Å². The van der Waals surface area contributed by atoms with Crippen LogP contribution in [0, 0.1) is 0 Å². The van der Waals surface area contributed by atoms with Crippen molar-refractivity contribution in [2.75, 3.05) is 32.7 Å². The lowest BCUT2D eigenvalue weighted by Crippen LogP contribution is -2.45. The minimum absolute atomic E-state index is 0.105. The van der Waals surface area contributed by atoms with E-state index in [2.05, 4.69) is 21.3 Å².